The van der Waals surface area contributed by atoms with Crippen LogP contribution in [0.25, 0.3) is 0 Å². The van der Waals surface area contributed by atoms with E-state index in [-0.39, 0.29) is 0 Å². The van der Waals surface area contributed by atoms with Crippen molar-refractivity contribution in [3.05, 3.63) is 35.4 Å². The Kier molecular flexibility index (Phi) is 4.05. The SMILES string of the molecule is Cc1ccc([C@@H](O)[C@](Cl)(Br)S(C)(=O)=O)cc1. The van der Waals surface area contributed by atoms with Gasteiger partial charge in [-0.25, -0.2) is 8.42 Å². The van der Waals surface area contributed by atoms with Gasteiger partial charge in [-0.3, -0.25) is 0 Å². The first-order chi connectivity index (χ1) is 7.16. The van der Waals surface area contributed by atoms with Crippen LogP contribution in [0.1, 0.15) is 17.2 Å². The van der Waals surface area contributed by atoms with E-state index in [0.29, 0.717) is 5.56 Å². The fourth-order valence-electron chi connectivity index (χ4n) is 1.15. The van der Waals surface area contributed by atoms with Crippen molar-refractivity contribution < 1.29 is 13.5 Å². The molecule has 0 aliphatic carbocycles. The molecule has 0 spiro atoms. The van der Waals surface area contributed by atoms with Crippen LogP contribution in [0, 0.1) is 6.92 Å². The van der Waals surface area contributed by atoms with E-state index in [4.69, 9.17) is 11.6 Å². The summed E-state index contributed by atoms with van der Waals surface area (Å²) in [5.74, 6) is 0. The average Bonchev–Trinajstić information content (AvgIpc) is 2.16. The summed E-state index contributed by atoms with van der Waals surface area (Å²) in [7, 11) is -3.63. The zero-order valence-corrected chi connectivity index (χ0v) is 12.0. The monoisotopic (exact) mass is 326 g/mol. The van der Waals surface area contributed by atoms with Crippen LogP contribution in [0.3, 0.4) is 0 Å². The lowest BCUT2D eigenvalue weighted by Crippen LogP contribution is -2.32. The molecule has 0 heterocycles. The van der Waals surface area contributed by atoms with Gasteiger partial charge in [0, 0.05) is 6.26 Å². The summed E-state index contributed by atoms with van der Waals surface area (Å²) in [4.78, 5) is 0. The molecule has 90 valence electrons. The van der Waals surface area contributed by atoms with Gasteiger partial charge in [0.25, 0.3) is 0 Å². The molecule has 1 aromatic carbocycles. The number of aryl methyl sites for hydroxylation is 1. The van der Waals surface area contributed by atoms with Gasteiger partial charge in [0.05, 0.1) is 0 Å². The second-order valence-electron chi connectivity index (χ2n) is 3.65. The van der Waals surface area contributed by atoms with Gasteiger partial charge in [0.15, 0.2) is 9.84 Å². The molecule has 0 aliphatic rings. The minimum Gasteiger partial charge on any atom is -0.385 e. The summed E-state index contributed by atoms with van der Waals surface area (Å²) in [5, 5.41) is 9.92. The predicted octanol–water partition coefficient (Wildman–Crippen LogP) is 2.36. The highest BCUT2D eigenvalue weighted by molar-refractivity contribution is 9.12. The first-order valence-electron chi connectivity index (χ1n) is 4.48. The number of aliphatic hydroxyl groups excluding tert-OH is 1. The van der Waals surface area contributed by atoms with Crippen molar-refractivity contribution in [3.8, 4) is 0 Å². The highest BCUT2D eigenvalue weighted by Gasteiger charge is 2.44. The van der Waals surface area contributed by atoms with Crippen molar-refractivity contribution in [2.75, 3.05) is 6.26 Å². The molecule has 0 amide bonds. The molecule has 1 N–H and O–H groups in total. The molecule has 0 unspecified atom stereocenters. The summed E-state index contributed by atoms with van der Waals surface area (Å²) < 4.78 is 20.9. The Morgan fingerprint density at radius 1 is 1.38 bits per heavy atom. The Labute approximate surface area is 108 Å². The minimum atomic E-state index is -3.63. The normalized spacial score (nSPS) is 17.8. The van der Waals surface area contributed by atoms with Gasteiger partial charge >= 0.3 is 0 Å². The molecule has 1 aromatic rings. The Balaban J connectivity index is 3.12. The third-order valence-electron chi connectivity index (χ3n) is 2.21. The number of benzene rings is 1. The highest BCUT2D eigenvalue weighted by atomic mass is 79.9. The summed E-state index contributed by atoms with van der Waals surface area (Å²) in [5.41, 5.74) is 1.47. The van der Waals surface area contributed by atoms with Gasteiger partial charge in [-0.2, -0.15) is 0 Å². The van der Waals surface area contributed by atoms with Crippen molar-refractivity contribution >= 4 is 37.4 Å². The average molecular weight is 328 g/mol. The molecule has 3 nitrogen and oxygen atoms in total. The number of alkyl halides is 2. The first-order valence-corrected chi connectivity index (χ1v) is 7.54. The second-order valence-corrected chi connectivity index (χ2v) is 8.89. The number of rotatable bonds is 3. The first kappa shape index (κ1) is 14.0. The van der Waals surface area contributed by atoms with E-state index in [1.807, 2.05) is 6.92 Å². The minimum absolute atomic E-state index is 0.447. The van der Waals surface area contributed by atoms with Crippen LogP contribution in [0.2, 0.25) is 0 Å². The molecule has 0 aliphatic heterocycles. The number of sulfone groups is 1. The number of aliphatic hydroxyl groups is 1. The van der Waals surface area contributed by atoms with Crippen LogP contribution < -0.4 is 0 Å². The van der Waals surface area contributed by atoms with Crippen molar-refractivity contribution in [3.63, 3.8) is 0 Å². The Morgan fingerprint density at radius 3 is 2.19 bits per heavy atom. The van der Waals surface area contributed by atoms with Crippen LogP contribution in [-0.4, -0.2) is 22.9 Å². The Morgan fingerprint density at radius 2 is 1.81 bits per heavy atom. The maximum absolute atomic E-state index is 11.4. The molecule has 0 fully saturated rings. The third kappa shape index (κ3) is 2.77. The lowest BCUT2D eigenvalue weighted by atomic mass is 10.1. The quantitative estimate of drug-likeness (QED) is 0.867. The van der Waals surface area contributed by atoms with E-state index >= 15 is 0 Å². The summed E-state index contributed by atoms with van der Waals surface area (Å²) in [6.07, 6.45) is -0.364. The van der Waals surface area contributed by atoms with Gasteiger partial charge < -0.3 is 5.11 Å². The van der Waals surface area contributed by atoms with Crippen molar-refractivity contribution in [1.29, 1.82) is 0 Å². The molecule has 16 heavy (non-hydrogen) atoms. The Hall–Kier alpha value is -0.100. The zero-order valence-electron chi connectivity index (χ0n) is 8.81. The lowest BCUT2D eigenvalue weighted by molar-refractivity contribution is 0.185. The van der Waals surface area contributed by atoms with Gasteiger partial charge in [-0.1, -0.05) is 41.4 Å². The standard InChI is InChI=1S/C10H12BrClO3S/c1-7-3-5-8(6-4-7)9(13)10(11,12)16(2,14)15/h3-6,9,13H,1-2H3/t9-,10-/m1/s1. The maximum atomic E-state index is 11.4. The van der Waals surface area contributed by atoms with Crippen LogP contribution >= 0.6 is 27.5 Å². The van der Waals surface area contributed by atoms with Crippen LogP contribution in [0.15, 0.2) is 24.3 Å². The predicted molar refractivity (Wildman–Crippen MR) is 68.5 cm³/mol. The van der Waals surface area contributed by atoms with E-state index in [2.05, 4.69) is 15.9 Å². The fraction of sp³-hybridized carbons (Fsp3) is 0.400. The van der Waals surface area contributed by atoms with Crippen molar-refractivity contribution in [2.45, 2.75) is 16.1 Å². The summed E-state index contributed by atoms with van der Waals surface area (Å²) in [6, 6.07) is 6.84. The lowest BCUT2D eigenvalue weighted by Gasteiger charge is -2.24. The molecule has 0 radical (unpaired) electrons. The molecule has 6 heteroatoms. The van der Waals surface area contributed by atoms with Crippen LogP contribution in [-0.2, 0) is 9.84 Å². The molecule has 0 saturated carbocycles. The molecule has 0 bridgehead atoms. The van der Waals surface area contributed by atoms with Crippen molar-refractivity contribution in [1.82, 2.24) is 0 Å². The van der Waals surface area contributed by atoms with Crippen LogP contribution in [0.5, 0.6) is 0 Å². The molecule has 1 rings (SSSR count). The van der Waals surface area contributed by atoms with Crippen LogP contribution in [0.4, 0.5) is 0 Å². The van der Waals surface area contributed by atoms with E-state index in [9.17, 15) is 13.5 Å². The zero-order chi connectivity index (χ0) is 12.6. The highest BCUT2D eigenvalue weighted by Crippen LogP contribution is 2.41. The maximum Gasteiger partial charge on any atom is 0.228 e. The topological polar surface area (TPSA) is 54.4 Å². The summed E-state index contributed by atoms with van der Waals surface area (Å²) >= 11 is 8.67. The second kappa shape index (κ2) is 4.64. The van der Waals surface area contributed by atoms with E-state index in [1.165, 1.54) is 0 Å². The molecule has 0 saturated heterocycles. The van der Waals surface area contributed by atoms with E-state index < -0.39 is 19.1 Å². The summed E-state index contributed by atoms with van der Waals surface area (Å²) in [6.45, 7) is 1.90. The number of halogens is 2. The smallest absolute Gasteiger partial charge is 0.228 e. The molecular weight excluding hydrogens is 316 g/mol. The fourth-order valence-corrected chi connectivity index (χ4v) is 2.08. The third-order valence-corrected chi connectivity index (χ3v) is 6.66. The number of hydrogen-bond acceptors (Lipinski definition) is 3. The van der Waals surface area contributed by atoms with Crippen molar-refractivity contribution in [2.24, 2.45) is 0 Å². The molecule has 2 atom stereocenters. The van der Waals surface area contributed by atoms with Gasteiger partial charge in [-0.05, 0) is 28.4 Å². The molecular formula is C10H12BrClO3S. The Bertz CT molecular complexity index is 467. The van der Waals surface area contributed by atoms with E-state index in [0.717, 1.165) is 11.8 Å². The van der Waals surface area contributed by atoms with E-state index in [1.54, 1.807) is 24.3 Å². The van der Waals surface area contributed by atoms with Gasteiger partial charge in [0.1, 0.15) is 6.10 Å². The number of hydrogen-bond donors (Lipinski definition) is 1. The van der Waals surface area contributed by atoms with Gasteiger partial charge in [0.2, 0.25) is 3.12 Å². The largest absolute Gasteiger partial charge is 0.385 e. The molecule has 0 aromatic heterocycles. The van der Waals surface area contributed by atoms with Gasteiger partial charge in [-0.15, -0.1) is 0 Å².